The number of benzene rings is 1. The molecule has 0 atom stereocenters. The Morgan fingerprint density at radius 3 is 1.85 bits per heavy atom. The second-order valence-corrected chi connectivity index (χ2v) is 5.34. The normalized spacial score (nSPS) is 10.8. The number of Topliss-reactive ketones (excluding diaryl/α,β-unsaturated/α-hetero) is 2. The van der Waals surface area contributed by atoms with E-state index in [9.17, 15) is 14.4 Å². The minimum Gasteiger partial charge on any atom is -0.427 e. The summed E-state index contributed by atoms with van der Waals surface area (Å²) in [6, 6.07) is 4.56. The van der Waals surface area contributed by atoms with Gasteiger partial charge >= 0.3 is 5.97 Å². The zero-order valence-corrected chi connectivity index (χ0v) is 12.5. The van der Waals surface area contributed by atoms with Crippen LogP contribution in [0.2, 0.25) is 0 Å². The monoisotopic (exact) mass is 276 g/mol. The van der Waals surface area contributed by atoms with E-state index >= 15 is 0 Å². The van der Waals surface area contributed by atoms with Crippen LogP contribution in [-0.4, -0.2) is 17.5 Å². The quantitative estimate of drug-likeness (QED) is 0.470. The summed E-state index contributed by atoms with van der Waals surface area (Å²) in [6.07, 6.45) is 0. The van der Waals surface area contributed by atoms with Crippen molar-refractivity contribution < 1.29 is 19.1 Å². The van der Waals surface area contributed by atoms with Gasteiger partial charge in [-0.25, -0.2) is 0 Å². The fourth-order valence-electron chi connectivity index (χ4n) is 1.79. The maximum absolute atomic E-state index is 12.2. The van der Waals surface area contributed by atoms with Crippen LogP contribution < -0.4 is 4.74 Å². The molecule has 0 saturated heterocycles. The van der Waals surface area contributed by atoms with Gasteiger partial charge in [0.05, 0.1) is 0 Å². The number of carbonyl (C=O) groups is 3. The van der Waals surface area contributed by atoms with Gasteiger partial charge in [0.15, 0.2) is 11.6 Å². The number of carbonyl (C=O) groups excluding carboxylic acids is 3. The first-order valence-corrected chi connectivity index (χ1v) is 6.65. The molecule has 0 saturated carbocycles. The number of rotatable bonds is 5. The molecule has 0 spiro atoms. The van der Waals surface area contributed by atoms with Crippen LogP contribution in [0, 0.1) is 11.8 Å². The molecule has 0 aliphatic heterocycles. The zero-order chi connectivity index (χ0) is 15.4. The highest BCUT2D eigenvalue weighted by Crippen LogP contribution is 2.23. The van der Waals surface area contributed by atoms with Gasteiger partial charge in [0.1, 0.15) is 5.75 Å². The molecule has 1 aromatic rings. The summed E-state index contributed by atoms with van der Waals surface area (Å²) >= 11 is 0. The predicted molar refractivity (Wildman–Crippen MR) is 76.1 cm³/mol. The lowest BCUT2D eigenvalue weighted by atomic mass is 9.90. The Bertz CT molecular complexity index is 541. The molecule has 0 aliphatic rings. The van der Waals surface area contributed by atoms with E-state index in [1.165, 1.54) is 19.1 Å². The van der Waals surface area contributed by atoms with Gasteiger partial charge in [-0.15, -0.1) is 0 Å². The van der Waals surface area contributed by atoms with Gasteiger partial charge in [-0.05, 0) is 18.2 Å². The molecular formula is C16H20O4. The van der Waals surface area contributed by atoms with Crippen LogP contribution in [0.4, 0.5) is 0 Å². The molecule has 0 unspecified atom stereocenters. The largest absolute Gasteiger partial charge is 0.427 e. The molecule has 108 valence electrons. The highest BCUT2D eigenvalue weighted by Gasteiger charge is 2.22. The Hall–Kier alpha value is -1.97. The van der Waals surface area contributed by atoms with E-state index in [1.807, 2.05) is 0 Å². The van der Waals surface area contributed by atoms with Gasteiger partial charge < -0.3 is 4.74 Å². The smallest absolute Gasteiger partial charge is 0.308 e. The summed E-state index contributed by atoms with van der Waals surface area (Å²) < 4.78 is 4.98. The molecule has 4 heteroatoms. The zero-order valence-electron chi connectivity index (χ0n) is 12.5. The third kappa shape index (κ3) is 3.76. The van der Waals surface area contributed by atoms with Crippen molar-refractivity contribution in [3.8, 4) is 5.75 Å². The average molecular weight is 276 g/mol. The molecule has 0 aromatic heterocycles. The van der Waals surface area contributed by atoms with Crippen molar-refractivity contribution in [1.29, 1.82) is 0 Å². The number of ketones is 2. The van der Waals surface area contributed by atoms with E-state index in [0.29, 0.717) is 11.1 Å². The molecule has 0 amide bonds. The molecule has 0 aliphatic carbocycles. The van der Waals surface area contributed by atoms with E-state index in [-0.39, 0.29) is 29.2 Å². The molecule has 0 radical (unpaired) electrons. The molecule has 0 heterocycles. The second-order valence-electron chi connectivity index (χ2n) is 5.34. The Balaban J connectivity index is 3.34. The topological polar surface area (TPSA) is 60.4 Å². The van der Waals surface area contributed by atoms with Gasteiger partial charge in [-0.2, -0.15) is 0 Å². The van der Waals surface area contributed by atoms with Crippen molar-refractivity contribution in [2.75, 3.05) is 0 Å². The number of hydrogen-bond donors (Lipinski definition) is 0. The van der Waals surface area contributed by atoms with Crippen molar-refractivity contribution >= 4 is 17.5 Å². The summed E-state index contributed by atoms with van der Waals surface area (Å²) in [7, 11) is 0. The molecule has 20 heavy (non-hydrogen) atoms. The van der Waals surface area contributed by atoms with Crippen LogP contribution >= 0.6 is 0 Å². The lowest BCUT2D eigenvalue weighted by Gasteiger charge is -2.13. The van der Waals surface area contributed by atoms with E-state index in [1.54, 1.807) is 33.8 Å². The fraction of sp³-hybridized carbons (Fsp3) is 0.438. The Labute approximate surface area is 119 Å². The van der Waals surface area contributed by atoms with Crippen LogP contribution in [0.5, 0.6) is 5.75 Å². The number of ether oxygens (including phenoxy) is 1. The van der Waals surface area contributed by atoms with Gasteiger partial charge in [-0.3, -0.25) is 14.4 Å². The first kappa shape index (κ1) is 16.1. The van der Waals surface area contributed by atoms with Crippen LogP contribution in [0.15, 0.2) is 18.2 Å². The highest BCUT2D eigenvalue weighted by atomic mass is 16.5. The van der Waals surface area contributed by atoms with Gasteiger partial charge in [0, 0.05) is 29.9 Å². The standard InChI is InChI=1S/C16H20O4/c1-9(2)15(18)13-7-6-12(20-11(5)17)8-14(13)16(19)10(3)4/h6-10H,1-5H3. The van der Waals surface area contributed by atoms with Gasteiger partial charge in [-0.1, -0.05) is 27.7 Å². The Morgan fingerprint density at radius 2 is 1.40 bits per heavy atom. The molecule has 1 rings (SSSR count). The van der Waals surface area contributed by atoms with Crippen molar-refractivity contribution in [2.45, 2.75) is 34.6 Å². The van der Waals surface area contributed by atoms with Crippen LogP contribution in [0.1, 0.15) is 55.3 Å². The maximum Gasteiger partial charge on any atom is 0.308 e. The summed E-state index contributed by atoms with van der Waals surface area (Å²) in [5.74, 6) is -0.848. The van der Waals surface area contributed by atoms with E-state index < -0.39 is 5.97 Å². The summed E-state index contributed by atoms with van der Waals surface area (Å²) in [6.45, 7) is 8.39. The Morgan fingerprint density at radius 1 is 0.900 bits per heavy atom. The molecular weight excluding hydrogens is 256 g/mol. The number of esters is 1. The third-order valence-electron chi connectivity index (χ3n) is 2.83. The maximum atomic E-state index is 12.2. The molecule has 4 nitrogen and oxygen atoms in total. The lowest BCUT2D eigenvalue weighted by molar-refractivity contribution is -0.131. The molecule has 0 N–H and O–H groups in total. The summed E-state index contributed by atoms with van der Waals surface area (Å²) in [5.41, 5.74) is 0.701. The highest BCUT2D eigenvalue weighted by molar-refractivity contribution is 6.10. The average Bonchev–Trinajstić information content (AvgIpc) is 2.35. The van der Waals surface area contributed by atoms with Crippen LogP contribution in [-0.2, 0) is 4.79 Å². The summed E-state index contributed by atoms with van der Waals surface area (Å²) in [4.78, 5) is 35.4. The van der Waals surface area contributed by atoms with Crippen molar-refractivity contribution in [1.82, 2.24) is 0 Å². The predicted octanol–water partition coefficient (Wildman–Crippen LogP) is 3.29. The SMILES string of the molecule is CC(=O)Oc1ccc(C(=O)C(C)C)c(C(=O)C(C)C)c1. The first-order chi connectivity index (χ1) is 9.23. The Kier molecular flexibility index (Phi) is 5.19. The number of hydrogen-bond acceptors (Lipinski definition) is 4. The van der Waals surface area contributed by atoms with Crippen LogP contribution in [0.25, 0.3) is 0 Å². The van der Waals surface area contributed by atoms with E-state index in [2.05, 4.69) is 0 Å². The van der Waals surface area contributed by atoms with Crippen molar-refractivity contribution in [3.63, 3.8) is 0 Å². The molecule has 0 fully saturated rings. The van der Waals surface area contributed by atoms with Crippen molar-refractivity contribution in [3.05, 3.63) is 29.3 Å². The van der Waals surface area contributed by atoms with Gasteiger partial charge in [0.2, 0.25) is 0 Å². The third-order valence-corrected chi connectivity index (χ3v) is 2.83. The lowest BCUT2D eigenvalue weighted by Crippen LogP contribution is -2.17. The summed E-state index contributed by atoms with van der Waals surface area (Å²) in [5, 5.41) is 0. The minimum absolute atomic E-state index is 0.0941. The van der Waals surface area contributed by atoms with E-state index in [4.69, 9.17) is 4.74 Å². The fourth-order valence-corrected chi connectivity index (χ4v) is 1.79. The molecule has 0 bridgehead atoms. The van der Waals surface area contributed by atoms with Gasteiger partial charge in [0.25, 0.3) is 0 Å². The second kappa shape index (κ2) is 6.46. The van der Waals surface area contributed by atoms with Crippen LogP contribution in [0.3, 0.4) is 0 Å². The minimum atomic E-state index is -0.462. The van der Waals surface area contributed by atoms with E-state index in [0.717, 1.165) is 0 Å². The van der Waals surface area contributed by atoms with Crippen molar-refractivity contribution in [2.24, 2.45) is 11.8 Å². The molecule has 1 aromatic carbocycles. The first-order valence-electron chi connectivity index (χ1n) is 6.65.